The van der Waals surface area contributed by atoms with Crippen LogP contribution in [0.4, 0.5) is 17.1 Å². The molecule has 0 aliphatic carbocycles. The van der Waals surface area contributed by atoms with E-state index in [4.69, 9.17) is 14.2 Å². The average molecular weight is 722 g/mol. The van der Waals surface area contributed by atoms with Gasteiger partial charge in [0.2, 0.25) is 5.91 Å². The van der Waals surface area contributed by atoms with E-state index in [9.17, 15) is 19.2 Å². The number of hydrogen-bond donors (Lipinski definition) is 2. The van der Waals surface area contributed by atoms with Crippen LogP contribution in [0.1, 0.15) is 57.0 Å². The molecule has 7 rings (SSSR count). The van der Waals surface area contributed by atoms with Gasteiger partial charge in [-0.3, -0.25) is 24.2 Å². The molecular formula is C39H43N7O7. The monoisotopic (exact) mass is 721 g/mol. The van der Waals surface area contributed by atoms with Crippen molar-refractivity contribution in [1.29, 1.82) is 0 Å². The summed E-state index contributed by atoms with van der Waals surface area (Å²) in [6.07, 6.45) is 7.90. The Morgan fingerprint density at radius 3 is 2.43 bits per heavy atom. The molecule has 2 aromatic heterocycles. The number of morpholine rings is 1. The number of aromatic nitrogens is 2. The highest BCUT2D eigenvalue weighted by molar-refractivity contribution is 6.05. The highest BCUT2D eigenvalue weighted by Gasteiger charge is 2.32. The molecule has 0 bridgehead atoms. The molecular weight excluding hydrogens is 678 g/mol. The van der Waals surface area contributed by atoms with Crippen LogP contribution in [0, 0.1) is 0 Å². The number of carbonyl (C=O) groups excluding carboxylic acids is 4. The molecule has 0 spiro atoms. The fraction of sp³-hybridized carbons (Fsp3) is 0.359. The fourth-order valence-corrected chi connectivity index (χ4v) is 6.92. The number of aryl methyl sites for hydroxylation is 2. The minimum absolute atomic E-state index is 0.00705. The lowest BCUT2D eigenvalue weighted by Gasteiger charge is -2.26. The number of carbonyl (C=O) groups is 4. The van der Waals surface area contributed by atoms with Crippen LogP contribution in [0.3, 0.4) is 0 Å². The van der Waals surface area contributed by atoms with Crippen molar-refractivity contribution in [3.05, 3.63) is 77.9 Å². The largest absolute Gasteiger partial charge is 0.493 e. The van der Waals surface area contributed by atoms with Crippen LogP contribution in [0.15, 0.2) is 65.9 Å². The molecule has 0 radical (unpaired) electrons. The minimum Gasteiger partial charge on any atom is -0.493 e. The third kappa shape index (κ3) is 7.68. The van der Waals surface area contributed by atoms with Crippen LogP contribution in [-0.4, -0.2) is 101 Å². The molecule has 0 saturated carbocycles. The van der Waals surface area contributed by atoms with Crippen LogP contribution in [0.2, 0.25) is 0 Å². The lowest BCUT2D eigenvalue weighted by Crippen LogP contribution is -2.41. The summed E-state index contributed by atoms with van der Waals surface area (Å²) < 4.78 is 20.3. The minimum atomic E-state index is -0.326. The van der Waals surface area contributed by atoms with Gasteiger partial charge in [-0.25, -0.2) is 0 Å². The Balaban J connectivity index is 0.900. The van der Waals surface area contributed by atoms with E-state index in [1.54, 1.807) is 40.9 Å². The number of ether oxygens (including phenoxy) is 3. The van der Waals surface area contributed by atoms with E-state index >= 15 is 0 Å². The highest BCUT2D eigenvalue weighted by atomic mass is 16.5. The SMILES string of the molecule is COc1cc2c(cc1OCCCC(=O)Nc1cc(C(=O)Nc3ccc(-c4cc(C(=O)N5CCOCC5)n(C)c4)cc3)n(C)c1)N=CC1CCCN1C2=O. The van der Waals surface area contributed by atoms with Gasteiger partial charge < -0.3 is 43.8 Å². The first-order chi connectivity index (χ1) is 25.7. The number of nitrogens with zero attached hydrogens (tertiary/aromatic N) is 5. The summed E-state index contributed by atoms with van der Waals surface area (Å²) in [5, 5.41) is 5.78. The Bertz CT molecular complexity index is 2060. The summed E-state index contributed by atoms with van der Waals surface area (Å²) in [7, 11) is 5.12. The van der Waals surface area contributed by atoms with Crippen molar-refractivity contribution in [1.82, 2.24) is 18.9 Å². The van der Waals surface area contributed by atoms with Crippen molar-refractivity contribution in [3.63, 3.8) is 0 Å². The van der Waals surface area contributed by atoms with Crippen LogP contribution in [0.25, 0.3) is 11.1 Å². The van der Waals surface area contributed by atoms with Gasteiger partial charge in [-0.15, -0.1) is 0 Å². The predicted molar refractivity (Wildman–Crippen MR) is 200 cm³/mol. The second-order valence-electron chi connectivity index (χ2n) is 13.4. The van der Waals surface area contributed by atoms with Crippen molar-refractivity contribution in [2.45, 2.75) is 31.7 Å². The Labute approximate surface area is 307 Å². The molecule has 1 unspecified atom stereocenters. The van der Waals surface area contributed by atoms with E-state index in [1.807, 2.05) is 59.3 Å². The number of amides is 4. The van der Waals surface area contributed by atoms with Gasteiger partial charge in [0.15, 0.2) is 11.5 Å². The molecule has 14 heteroatoms. The van der Waals surface area contributed by atoms with Gasteiger partial charge in [0.05, 0.1) is 49.9 Å². The zero-order valence-electron chi connectivity index (χ0n) is 30.1. The van der Waals surface area contributed by atoms with E-state index in [-0.39, 0.29) is 42.7 Å². The Kier molecular flexibility index (Phi) is 10.3. The summed E-state index contributed by atoms with van der Waals surface area (Å²) in [5.74, 6) is 0.262. The quantitative estimate of drug-likeness (QED) is 0.210. The summed E-state index contributed by atoms with van der Waals surface area (Å²) >= 11 is 0. The zero-order chi connectivity index (χ0) is 37.1. The first-order valence-electron chi connectivity index (χ1n) is 17.8. The van der Waals surface area contributed by atoms with E-state index in [2.05, 4.69) is 15.6 Å². The number of aliphatic imine (C=N–C) groups is 1. The molecule has 4 amide bonds. The summed E-state index contributed by atoms with van der Waals surface area (Å²) in [6.45, 7) is 3.19. The van der Waals surface area contributed by atoms with Crippen molar-refractivity contribution in [2.24, 2.45) is 19.1 Å². The van der Waals surface area contributed by atoms with Gasteiger partial charge >= 0.3 is 0 Å². The highest BCUT2D eigenvalue weighted by Crippen LogP contribution is 2.38. The number of fused-ring (bicyclic) bond motifs is 2. The Morgan fingerprint density at radius 2 is 1.66 bits per heavy atom. The molecule has 3 aliphatic heterocycles. The topological polar surface area (TPSA) is 149 Å². The Morgan fingerprint density at radius 1 is 0.887 bits per heavy atom. The Hall–Kier alpha value is -5.89. The molecule has 2 fully saturated rings. The molecule has 4 aromatic rings. The first-order valence-corrected chi connectivity index (χ1v) is 17.8. The number of nitrogens with one attached hydrogen (secondary N) is 2. The summed E-state index contributed by atoms with van der Waals surface area (Å²) in [6, 6.07) is 14.3. The van der Waals surface area contributed by atoms with Crippen molar-refractivity contribution in [3.8, 4) is 22.6 Å². The maximum absolute atomic E-state index is 13.2. The maximum atomic E-state index is 13.2. The smallest absolute Gasteiger partial charge is 0.272 e. The van der Waals surface area contributed by atoms with Crippen molar-refractivity contribution in [2.75, 3.05) is 57.2 Å². The van der Waals surface area contributed by atoms with E-state index in [0.717, 1.165) is 24.0 Å². The second kappa shape index (κ2) is 15.4. The maximum Gasteiger partial charge on any atom is 0.272 e. The van der Waals surface area contributed by atoms with E-state index in [0.29, 0.717) is 84.8 Å². The van der Waals surface area contributed by atoms with Crippen molar-refractivity contribution < 1.29 is 33.4 Å². The van der Waals surface area contributed by atoms with Crippen LogP contribution >= 0.6 is 0 Å². The molecule has 1 atom stereocenters. The van der Waals surface area contributed by atoms with Gasteiger partial charge in [0.1, 0.15) is 11.4 Å². The van der Waals surface area contributed by atoms with Gasteiger partial charge in [-0.2, -0.15) is 0 Å². The molecule has 2 saturated heterocycles. The van der Waals surface area contributed by atoms with E-state index in [1.165, 1.54) is 7.11 Å². The fourth-order valence-electron chi connectivity index (χ4n) is 6.92. The molecule has 14 nitrogen and oxygen atoms in total. The second-order valence-corrected chi connectivity index (χ2v) is 13.4. The van der Waals surface area contributed by atoms with Crippen LogP contribution < -0.4 is 20.1 Å². The van der Waals surface area contributed by atoms with Crippen LogP contribution in [0.5, 0.6) is 11.5 Å². The average Bonchev–Trinajstić information content (AvgIpc) is 3.88. The van der Waals surface area contributed by atoms with Gasteiger partial charge in [-0.1, -0.05) is 12.1 Å². The number of rotatable bonds is 11. The summed E-state index contributed by atoms with van der Waals surface area (Å²) in [5.41, 5.74) is 4.93. The number of methoxy groups -OCH3 is 1. The van der Waals surface area contributed by atoms with Gasteiger partial charge in [0.25, 0.3) is 17.7 Å². The molecule has 2 aromatic carbocycles. The first kappa shape index (κ1) is 35.5. The third-order valence-electron chi connectivity index (χ3n) is 9.78. The van der Waals surface area contributed by atoms with Gasteiger partial charge in [-0.05, 0) is 55.2 Å². The lowest BCUT2D eigenvalue weighted by atomic mass is 10.1. The standard InChI is InChI=1S/C39H43N7O7/c1-43-23-26(18-33(43)39(50)45-13-16-52-17-14-45)25-8-10-27(11-9-25)42-37(48)32-19-28(24-44(32)2)41-36(47)7-5-15-53-35-21-31-30(20-34(35)51-3)38(49)46-12-4-6-29(46)22-40-31/h8-11,18-24,29H,4-7,12-17H2,1-3H3,(H,41,47)(H,42,48). The lowest BCUT2D eigenvalue weighted by molar-refractivity contribution is -0.116. The number of anilines is 2. The zero-order valence-corrected chi connectivity index (χ0v) is 30.1. The molecule has 276 valence electrons. The van der Waals surface area contributed by atoms with Crippen LogP contribution in [-0.2, 0) is 23.6 Å². The predicted octanol–water partition coefficient (Wildman–Crippen LogP) is 4.88. The van der Waals surface area contributed by atoms with E-state index < -0.39 is 0 Å². The molecule has 2 N–H and O–H groups in total. The number of benzene rings is 2. The number of hydrogen-bond acceptors (Lipinski definition) is 8. The normalized spacial score (nSPS) is 16.5. The molecule has 5 heterocycles. The summed E-state index contributed by atoms with van der Waals surface area (Å²) in [4.78, 5) is 60.3. The van der Waals surface area contributed by atoms with Gasteiger partial charge in [0, 0.05) is 76.1 Å². The van der Waals surface area contributed by atoms with Crippen molar-refractivity contribution >= 4 is 46.9 Å². The molecule has 3 aliphatic rings. The molecule has 53 heavy (non-hydrogen) atoms. The third-order valence-corrected chi connectivity index (χ3v) is 9.78.